The van der Waals surface area contributed by atoms with Crippen LogP contribution in [0.15, 0.2) is 34.1 Å². The van der Waals surface area contributed by atoms with Crippen LogP contribution >= 0.6 is 27.3 Å². The van der Waals surface area contributed by atoms with Gasteiger partial charge in [-0.3, -0.25) is 0 Å². The number of thiazole rings is 1. The van der Waals surface area contributed by atoms with Crippen molar-refractivity contribution in [2.45, 2.75) is 38.3 Å². The summed E-state index contributed by atoms with van der Waals surface area (Å²) in [6.07, 6.45) is 2.46. The highest BCUT2D eigenvalue weighted by atomic mass is 79.9. The van der Waals surface area contributed by atoms with Crippen LogP contribution in [0.2, 0.25) is 0 Å². The first kappa shape index (κ1) is 13.3. The van der Waals surface area contributed by atoms with E-state index in [0.717, 1.165) is 11.6 Å². The normalized spacial score (nSPS) is 22.2. The van der Waals surface area contributed by atoms with Crippen LogP contribution in [0.1, 0.15) is 35.0 Å². The number of aryl methyl sites for hydroxylation is 1. The van der Waals surface area contributed by atoms with E-state index in [0.29, 0.717) is 12.0 Å². The molecule has 1 N–H and O–H groups in total. The minimum atomic E-state index is 0.638. The van der Waals surface area contributed by atoms with Crippen LogP contribution < -0.4 is 5.32 Å². The minimum absolute atomic E-state index is 0.638. The smallest absolute Gasteiger partial charge is 0.0897 e. The van der Waals surface area contributed by atoms with Gasteiger partial charge in [0.25, 0.3) is 0 Å². The van der Waals surface area contributed by atoms with Crippen molar-refractivity contribution in [2.75, 3.05) is 0 Å². The van der Waals surface area contributed by atoms with E-state index in [4.69, 9.17) is 0 Å². The molecule has 1 aliphatic carbocycles. The lowest BCUT2D eigenvalue weighted by Crippen LogP contribution is -2.39. The lowest BCUT2D eigenvalue weighted by Gasteiger charge is -2.36. The Labute approximate surface area is 126 Å². The van der Waals surface area contributed by atoms with Crippen molar-refractivity contribution in [3.63, 3.8) is 0 Å². The summed E-state index contributed by atoms with van der Waals surface area (Å²) in [5.41, 5.74) is 2.62. The fourth-order valence-corrected chi connectivity index (χ4v) is 3.80. The molecule has 0 amide bonds. The summed E-state index contributed by atoms with van der Waals surface area (Å²) in [6.45, 7) is 2.96. The fraction of sp³-hybridized carbons (Fsp3) is 0.400. The molecule has 0 saturated heterocycles. The lowest BCUT2D eigenvalue weighted by molar-refractivity contribution is 0.288. The number of nitrogens with zero attached hydrogens (tertiary/aromatic N) is 1. The van der Waals surface area contributed by atoms with Gasteiger partial charge in [0.05, 0.1) is 10.7 Å². The van der Waals surface area contributed by atoms with Gasteiger partial charge in [0, 0.05) is 22.4 Å². The largest absolute Gasteiger partial charge is 0.308 e. The first-order valence-electron chi connectivity index (χ1n) is 6.61. The zero-order valence-corrected chi connectivity index (χ0v) is 13.3. The van der Waals surface area contributed by atoms with Gasteiger partial charge < -0.3 is 5.32 Å². The SMILES string of the molecule is Cc1nc(CNC2CC(c3ccccc3Br)C2)cs1. The molecule has 2 nitrogen and oxygen atoms in total. The maximum atomic E-state index is 4.48. The van der Waals surface area contributed by atoms with E-state index in [-0.39, 0.29) is 0 Å². The third kappa shape index (κ3) is 3.07. The Morgan fingerprint density at radius 3 is 2.84 bits per heavy atom. The summed E-state index contributed by atoms with van der Waals surface area (Å²) in [5, 5.41) is 6.89. The van der Waals surface area contributed by atoms with Crippen molar-refractivity contribution < 1.29 is 0 Å². The Bertz CT molecular complexity index is 561. The van der Waals surface area contributed by atoms with Crippen molar-refractivity contribution in [1.29, 1.82) is 0 Å². The van der Waals surface area contributed by atoms with E-state index in [9.17, 15) is 0 Å². The quantitative estimate of drug-likeness (QED) is 0.902. The Kier molecular flexibility index (Phi) is 4.01. The van der Waals surface area contributed by atoms with Crippen LogP contribution in [0.3, 0.4) is 0 Å². The maximum absolute atomic E-state index is 4.48. The van der Waals surface area contributed by atoms with E-state index in [1.54, 1.807) is 11.3 Å². The average Bonchev–Trinajstić information content (AvgIpc) is 2.75. The standard InChI is InChI=1S/C15H17BrN2S/c1-10-18-13(9-19-10)8-17-12-6-11(7-12)14-4-2-3-5-15(14)16/h2-5,9,11-12,17H,6-8H2,1H3. The molecule has 2 aromatic rings. The van der Waals surface area contributed by atoms with Crippen molar-refractivity contribution in [3.05, 3.63) is 50.4 Å². The predicted octanol–water partition coefficient (Wildman–Crippen LogP) is 4.25. The first-order valence-corrected chi connectivity index (χ1v) is 8.28. The van der Waals surface area contributed by atoms with Gasteiger partial charge in [0.1, 0.15) is 0 Å². The minimum Gasteiger partial charge on any atom is -0.308 e. The van der Waals surface area contributed by atoms with E-state index in [1.807, 2.05) is 0 Å². The first-order chi connectivity index (χ1) is 9.22. The summed E-state index contributed by atoms with van der Waals surface area (Å²) in [7, 11) is 0. The molecule has 0 atom stereocenters. The van der Waals surface area contributed by atoms with E-state index in [2.05, 4.69) is 62.8 Å². The van der Waals surface area contributed by atoms with Gasteiger partial charge in [-0.1, -0.05) is 34.1 Å². The van der Waals surface area contributed by atoms with Crippen LogP contribution in [-0.2, 0) is 6.54 Å². The molecule has 1 aliphatic rings. The molecule has 19 heavy (non-hydrogen) atoms. The molecule has 0 aliphatic heterocycles. The van der Waals surface area contributed by atoms with Crippen LogP contribution in [0.4, 0.5) is 0 Å². The molecule has 100 valence electrons. The number of benzene rings is 1. The van der Waals surface area contributed by atoms with Gasteiger partial charge in [-0.05, 0) is 37.3 Å². The van der Waals surface area contributed by atoms with E-state index < -0.39 is 0 Å². The summed E-state index contributed by atoms with van der Waals surface area (Å²) in [5.74, 6) is 0.699. The number of nitrogens with one attached hydrogen (secondary N) is 1. The zero-order chi connectivity index (χ0) is 13.2. The third-order valence-electron chi connectivity index (χ3n) is 3.72. The highest BCUT2D eigenvalue weighted by molar-refractivity contribution is 9.10. The van der Waals surface area contributed by atoms with Crippen LogP contribution in [0.5, 0.6) is 0 Å². The summed E-state index contributed by atoms with van der Waals surface area (Å²) in [4.78, 5) is 4.48. The summed E-state index contributed by atoms with van der Waals surface area (Å²) < 4.78 is 1.24. The second-order valence-corrected chi connectivity index (χ2v) is 7.04. The second-order valence-electron chi connectivity index (χ2n) is 5.13. The molecule has 1 aromatic carbocycles. The van der Waals surface area contributed by atoms with Crippen LogP contribution in [0.25, 0.3) is 0 Å². The Hall–Kier alpha value is -0.710. The van der Waals surface area contributed by atoms with Crippen molar-refractivity contribution >= 4 is 27.3 Å². The highest BCUT2D eigenvalue weighted by Gasteiger charge is 2.30. The highest BCUT2D eigenvalue weighted by Crippen LogP contribution is 2.40. The van der Waals surface area contributed by atoms with E-state index in [1.165, 1.54) is 28.6 Å². The Morgan fingerprint density at radius 1 is 1.37 bits per heavy atom. The van der Waals surface area contributed by atoms with Crippen molar-refractivity contribution in [1.82, 2.24) is 10.3 Å². The maximum Gasteiger partial charge on any atom is 0.0897 e. The molecule has 3 rings (SSSR count). The van der Waals surface area contributed by atoms with Gasteiger partial charge in [0.2, 0.25) is 0 Å². The zero-order valence-electron chi connectivity index (χ0n) is 10.9. The molecule has 0 bridgehead atoms. The van der Waals surface area contributed by atoms with Crippen LogP contribution in [0, 0.1) is 6.92 Å². The average molecular weight is 337 g/mol. The predicted molar refractivity (Wildman–Crippen MR) is 83.6 cm³/mol. The molecule has 4 heteroatoms. The Balaban J connectivity index is 1.49. The van der Waals surface area contributed by atoms with Gasteiger partial charge in [-0.15, -0.1) is 11.3 Å². The molecule has 1 aromatic heterocycles. The molecule has 1 saturated carbocycles. The van der Waals surface area contributed by atoms with Gasteiger partial charge >= 0.3 is 0 Å². The van der Waals surface area contributed by atoms with Crippen LogP contribution in [-0.4, -0.2) is 11.0 Å². The second kappa shape index (κ2) is 5.73. The lowest BCUT2D eigenvalue weighted by atomic mass is 9.76. The van der Waals surface area contributed by atoms with Gasteiger partial charge in [0.15, 0.2) is 0 Å². The molecule has 0 unspecified atom stereocenters. The number of aromatic nitrogens is 1. The fourth-order valence-electron chi connectivity index (χ4n) is 2.58. The third-order valence-corrected chi connectivity index (χ3v) is 5.27. The van der Waals surface area contributed by atoms with Crippen molar-refractivity contribution in [2.24, 2.45) is 0 Å². The molecular formula is C15H17BrN2S. The number of rotatable bonds is 4. The van der Waals surface area contributed by atoms with E-state index >= 15 is 0 Å². The van der Waals surface area contributed by atoms with Gasteiger partial charge in [-0.25, -0.2) is 4.98 Å². The van der Waals surface area contributed by atoms with Crippen molar-refractivity contribution in [3.8, 4) is 0 Å². The topological polar surface area (TPSA) is 24.9 Å². The monoisotopic (exact) mass is 336 g/mol. The summed E-state index contributed by atoms with van der Waals surface area (Å²) >= 11 is 5.36. The number of hydrogen-bond acceptors (Lipinski definition) is 3. The number of halogens is 1. The Morgan fingerprint density at radius 2 is 2.16 bits per heavy atom. The molecule has 1 heterocycles. The number of hydrogen-bond donors (Lipinski definition) is 1. The molecular weight excluding hydrogens is 320 g/mol. The van der Waals surface area contributed by atoms with Gasteiger partial charge in [-0.2, -0.15) is 0 Å². The molecule has 1 fully saturated rings. The summed E-state index contributed by atoms with van der Waals surface area (Å²) in [6, 6.07) is 9.20. The molecule has 0 spiro atoms. The molecule has 0 radical (unpaired) electrons.